The van der Waals surface area contributed by atoms with Gasteiger partial charge in [0.25, 0.3) is 0 Å². The number of ether oxygens (including phenoxy) is 1. The second-order valence-corrected chi connectivity index (χ2v) is 3.86. The molecule has 14 heavy (non-hydrogen) atoms. The summed E-state index contributed by atoms with van der Waals surface area (Å²) >= 11 is 0. The Kier molecular flexibility index (Phi) is 1.54. The van der Waals surface area contributed by atoms with Gasteiger partial charge in [-0.05, 0) is 6.07 Å². The highest BCUT2D eigenvalue weighted by atomic mass is 16.5. The molecular weight excluding hydrogens is 178 g/mol. The summed E-state index contributed by atoms with van der Waals surface area (Å²) in [6.07, 6.45) is 0.596. The van der Waals surface area contributed by atoms with Crippen molar-refractivity contribution in [3.05, 3.63) is 29.8 Å². The molecule has 0 bridgehead atoms. The summed E-state index contributed by atoms with van der Waals surface area (Å²) < 4.78 is 5.59. The average molecular weight is 189 g/mol. The fourth-order valence-electron chi connectivity index (χ4n) is 2.26. The molecule has 0 aromatic heterocycles. The lowest BCUT2D eigenvalue weighted by atomic mass is 9.92. The lowest BCUT2D eigenvalue weighted by molar-refractivity contribution is -0.119. The molecule has 1 fully saturated rings. The van der Waals surface area contributed by atoms with Crippen molar-refractivity contribution < 1.29 is 9.53 Å². The van der Waals surface area contributed by atoms with Crippen molar-refractivity contribution in [3.63, 3.8) is 0 Å². The molecule has 3 heteroatoms. The van der Waals surface area contributed by atoms with Gasteiger partial charge in [0.05, 0.1) is 12.6 Å². The maximum Gasteiger partial charge on any atom is 0.220 e. The zero-order chi connectivity index (χ0) is 9.54. The standard InChI is InChI=1S/C11H11NO2/c13-10-5-7-6-14-9-4-2-1-3-8(9)11(7)12-10/h1-4,7,11H,5-6H2,(H,12,13)/t7-,11-/m1/s1. The highest BCUT2D eigenvalue weighted by molar-refractivity contribution is 5.79. The zero-order valence-corrected chi connectivity index (χ0v) is 7.69. The minimum absolute atomic E-state index is 0.139. The van der Waals surface area contributed by atoms with Crippen LogP contribution in [-0.4, -0.2) is 12.5 Å². The Balaban J connectivity index is 2.05. The van der Waals surface area contributed by atoms with Crippen LogP contribution in [0.15, 0.2) is 24.3 Å². The third kappa shape index (κ3) is 1.02. The smallest absolute Gasteiger partial charge is 0.220 e. The maximum atomic E-state index is 11.3. The van der Waals surface area contributed by atoms with E-state index < -0.39 is 0 Å². The van der Waals surface area contributed by atoms with E-state index in [1.54, 1.807) is 0 Å². The summed E-state index contributed by atoms with van der Waals surface area (Å²) in [5, 5.41) is 2.99. The zero-order valence-electron chi connectivity index (χ0n) is 7.69. The van der Waals surface area contributed by atoms with Crippen LogP contribution in [0.1, 0.15) is 18.0 Å². The summed E-state index contributed by atoms with van der Waals surface area (Å²) in [4.78, 5) is 11.3. The van der Waals surface area contributed by atoms with Crippen molar-refractivity contribution in [2.75, 3.05) is 6.61 Å². The number of hydrogen-bond donors (Lipinski definition) is 1. The molecule has 2 aliphatic rings. The third-order valence-electron chi connectivity index (χ3n) is 2.94. The van der Waals surface area contributed by atoms with E-state index in [-0.39, 0.29) is 11.9 Å². The van der Waals surface area contributed by atoms with Gasteiger partial charge in [0, 0.05) is 17.9 Å². The fourth-order valence-corrected chi connectivity index (χ4v) is 2.26. The van der Waals surface area contributed by atoms with Crippen molar-refractivity contribution in [2.45, 2.75) is 12.5 Å². The minimum atomic E-state index is 0.139. The minimum Gasteiger partial charge on any atom is -0.493 e. The molecule has 3 nitrogen and oxygen atoms in total. The number of fused-ring (bicyclic) bond motifs is 3. The number of carbonyl (C=O) groups is 1. The van der Waals surface area contributed by atoms with Crippen LogP contribution in [0.25, 0.3) is 0 Å². The van der Waals surface area contributed by atoms with Crippen LogP contribution in [0.3, 0.4) is 0 Å². The molecule has 1 aromatic rings. The summed E-state index contributed by atoms with van der Waals surface area (Å²) in [6.45, 7) is 0.653. The van der Waals surface area contributed by atoms with Gasteiger partial charge in [0.2, 0.25) is 5.91 Å². The number of nitrogens with one attached hydrogen (secondary N) is 1. The SMILES string of the molecule is O=C1C[C@@H]2COc3ccccc3[C@@H]2N1. The molecule has 0 aliphatic carbocycles. The van der Waals surface area contributed by atoms with Gasteiger partial charge in [-0.15, -0.1) is 0 Å². The predicted molar refractivity (Wildman–Crippen MR) is 50.9 cm³/mol. The molecule has 1 amide bonds. The Hall–Kier alpha value is -1.51. The number of para-hydroxylation sites is 1. The Labute approximate surface area is 82.1 Å². The molecule has 2 aliphatic heterocycles. The predicted octanol–water partition coefficient (Wildman–Crippen LogP) is 1.26. The van der Waals surface area contributed by atoms with Crippen molar-refractivity contribution >= 4 is 5.91 Å². The van der Waals surface area contributed by atoms with Gasteiger partial charge in [-0.25, -0.2) is 0 Å². The monoisotopic (exact) mass is 189 g/mol. The summed E-state index contributed by atoms with van der Waals surface area (Å²) in [7, 11) is 0. The Morgan fingerprint density at radius 1 is 1.36 bits per heavy atom. The van der Waals surface area contributed by atoms with E-state index in [2.05, 4.69) is 5.32 Å². The fraction of sp³-hybridized carbons (Fsp3) is 0.364. The molecular formula is C11H11NO2. The Morgan fingerprint density at radius 2 is 2.21 bits per heavy atom. The van der Waals surface area contributed by atoms with Crippen molar-refractivity contribution in [1.82, 2.24) is 5.32 Å². The molecule has 72 valence electrons. The number of carbonyl (C=O) groups excluding carboxylic acids is 1. The van der Waals surface area contributed by atoms with E-state index in [4.69, 9.17) is 4.74 Å². The van der Waals surface area contributed by atoms with Crippen LogP contribution in [0.2, 0.25) is 0 Å². The first-order valence-electron chi connectivity index (χ1n) is 4.86. The number of rotatable bonds is 0. The summed E-state index contributed by atoms with van der Waals surface area (Å²) in [5.74, 6) is 1.37. The van der Waals surface area contributed by atoms with Crippen molar-refractivity contribution in [1.29, 1.82) is 0 Å². The molecule has 1 aromatic carbocycles. The first-order valence-corrected chi connectivity index (χ1v) is 4.86. The first-order chi connectivity index (χ1) is 6.84. The first kappa shape index (κ1) is 7.85. The largest absolute Gasteiger partial charge is 0.493 e. The molecule has 1 saturated heterocycles. The molecule has 3 rings (SSSR count). The van der Waals surface area contributed by atoms with Gasteiger partial charge >= 0.3 is 0 Å². The summed E-state index contributed by atoms with van der Waals surface area (Å²) in [5.41, 5.74) is 1.12. The number of benzene rings is 1. The van der Waals surface area contributed by atoms with E-state index >= 15 is 0 Å². The maximum absolute atomic E-state index is 11.3. The molecule has 2 atom stereocenters. The Morgan fingerprint density at radius 3 is 3.14 bits per heavy atom. The van der Waals surface area contributed by atoms with Gasteiger partial charge in [-0.2, -0.15) is 0 Å². The second kappa shape index (κ2) is 2.74. The number of amides is 1. The average Bonchev–Trinajstić information content (AvgIpc) is 2.59. The highest BCUT2D eigenvalue weighted by Crippen LogP contribution is 2.39. The molecule has 0 radical (unpaired) electrons. The van der Waals surface area contributed by atoms with Crippen LogP contribution in [0, 0.1) is 5.92 Å². The van der Waals surface area contributed by atoms with E-state index in [9.17, 15) is 4.79 Å². The van der Waals surface area contributed by atoms with E-state index in [0.717, 1.165) is 11.3 Å². The van der Waals surface area contributed by atoms with Crippen LogP contribution >= 0.6 is 0 Å². The van der Waals surface area contributed by atoms with E-state index in [0.29, 0.717) is 18.9 Å². The lowest BCUT2D eigenvalue weighted by Crippen LogP contribution is -2.27. The van der Waals surface area contributed by atoms with E-state index in [1.807, 2.05) is 24.3 Å². The third-order valence-corrected chi connectivity index (χ3v) is 2.94. The van der Waals surface area contributed by atoms with Gasteiger partial charge in [0.1, 0.15) is 5.75 Å². The molecule has 2 heterocycles. The second-order valence-electron chi connectivity index (χ2n) is 3.86. The molecule has 0 unspecified atom stereocenters. The van der Waals surface area contributed by atoms with Gasteiger partial charge in [-0.1, -0.05) is 18.2 Å². The quantitative estimate of drug-likeness (QED) is 0.667. The number of hydrogen-bond acceptors (Lipinski definition) is 2. The molecule has 0 saturated carbocycles. The highest BCUT2D eigenvalue weighted by Gasteiger charge is 2.38. The van der Waals surface area contributed by atoms with Crippen LogP contribution in [0.4, 0.5) is 0 Å². The van der Waals surface area contributed by atoms with Crippen LogP contribution < -0.4 is 10.1 Å². The van der Waals surface area contributed by atoms with Gasteiger partial charge in [-0.3, -0.25) is 4.79 Å². The summed E-state index contributed by atoms with van der Waals surface area (Å²) in [6, 6.07) is 8.09. The normalized spacial score (nSPS) is 28.7. The van der Waals surface area contributed by atoms with Crippen LogP contribution in [0.5, 0.6) is 5.75 Å². The van der Waals surface area contributed by atoms with Gasteiger partial charge < -0.3 is 10.1 Å². The van der Waals surface area contributed by atoms with E-state index in [1.165, 1.54) is 0 Å². The lowest BCUT2D eigenvalue weighted by Gasteiger charge is -2.27. The van der Waals surface area contributed by atoms with Crippen LogP contribution in [-0.2, 0) is 4.79 Å². The Bertz CT molecular complexity index is 389. The van der Waals surface area contributed by atoms with Gasteiger partial charge in [0.15, 0.2) is 0 Å². The molecule has 1 N–H and O–H groups in total. The molecule has 0 spiro atoms. The topological polar surface area (TPSA) is 38.3 Å². The van der Waals surface area contributed by atoms with Crippen molar-refractivity contribution in [2.24, 2.45) is 5.92 Å². The van der Waals surface area contributed by atoms with Crippen molar-refractivity contribution in [3.8, 4) is 5.75 Å².